The molecule has 0 bridgehead atoms. The van der Waals surface area contributed by atoms with E-state index in [2.05, 4.69) is 32.2 Å². The summed E-state index contributed by atoms with van der Waals surface area (Å²) < 4.78 is 2.93. The SMILES string of the molecule is CC(NC(=O)c1c(N)nn2cccnc12)c1nc2cccc(C#Cc3ccncc3)n2c(=O)c1-c1ccccc1. The number of carbonyl (C=O) groups excluding carboxylic acids is 1. The normalized spacial score (nSPS) is 11.6. The Morgan fingerprint density at radius 2 is 1.77 bits per heavy atom. The van der Waals surface area contributed by atoms with Crippen molar-refractivity contribution in [1.29, 1.82) is 0 Å². The van der Waals surface area contributed by atoms with Crippen molar-refractivity contribution in [1.82, 2.24) is 34.3 Å². The lowest BCUT2D eigenvalue weighted by atomic mass is 10.0. The first-order chi connectivity index (χ1) is 19.5. The average molecular weight is 527 g/mol. The van der Waals surface area contributed by atoms with Gasteiger partial charge in [-0.2, -0.15) is 0 Å². The lowest BCUT2D eigenvalue weighted by Crippen LogP contribution is -2.31. The first kappa shape index (κ1) is 24.5. The van der Waals surface area contributed by atoms with Gasteiger partial charge >= 0.3 is 0 Å². The first-order valence-corrected chi connectivity index (χ1v) is 12.4. The van der Waals surface area contributed by atoms with Gasteiger partial charge in [0.1, 0.15) is 16.9 Å². The fraction of sp³-hybridized carbons (Fsp3) is 0.0667. The Labute approximate surface area is 228 Å². The number of amides is 1. The number of nitrogen functional groups attached to an aromatic ring is 1. The van der Waals surface area contributed by atoms with Crippen molar-refractivity contribution in [3.8, 4) is 23.0 Å². The molecule has 0 radical (unpaired) electrons. The summed E-state index contributed by atoms with van der Waals surface area (Å²) in [5.41, 5.74) is 9.33. The molecule has 0 aliphatic heterocycles. The third-order valence-corrected chi connectivity index (χ3v) is 6.36. The molecule has 0 aliphatic rings. The van der Waals surface area contributed by atoms with Crippen LogP contribution in [0.2, 0.25) is 0 Å². The number of fused-ring (bicyclic) bond motifs is 2. The lowest BCUT2D eigenvalue weighted by Gasteiger charge is -2.18. The molecule has 1 unspecified atom stereocenters. The zero-order chi connectivity index (χ0) is 27.6. The highest BCUT2D eigenvalue weighted by Gasteiger charge is 2.25. The van der Waals surface area contributed by atoms with Crippen molar-refractivity contribution in [3.05, 3.63) is 124 Å². The molecular formula is C30H22N8O2. The molecule has 10 nitrogen and oxygen atoms in total. The molecule has 1 atom stereocenters. The number of pyridine rings is 2. The van der Waals surface area contributed by atoms with Crippen LogP contribution in [0.15, 0.2) is 96.3 Å². The molecule has 0 fully saturated rings. The minimum Gasteiger partial charge on any atom is -0.381 e. The van der Waals surface area contributed by atoms with Crippen LogP contribution in [0.25, 0.3) is 22.4 Å². The monoisotopic (exact) mass is 526 g/mol. The van der Waals surface area contributed by atoms with Crippen LogP contribution < -0.4 is 16.6 Å². The summed E-state index contributed by atoms with van der Waals surface area (Å²) in [7, 11) is 0. The van der Waals surface area contributed by atoms with Gasteiger partial charge in [0.05, 0.1) is 17.3 Å². The zero-order valence-corrected chi connectivity index (χ0v) is 21.3. The third-order valence-electron chi connectivity index (χ3n) is 6.36. The van der Waals surface area contributed by atoms with E-state index in [4.69, 9.17) is 10.7 Å². The van der Waals surface area contributed by atoms with E-state index in [-0.39, 0.29) is 16.9 Å². The molecule has 5 heterocycles. The second kappa shape index (κ2) is 10.2. The Balaban J connectivity index is 1.48. The summed E-state index contributed by atoms with van der Waals surface area (Å²) in [6.07, 6.45) is 6.54. The van der Waals surface area contributed by atoms with Gasteiger partial charge in [0.25, 0.3) is 11.5 Å². The Morgan fingerprint density at radius 1 is 0.975 bits per heavy atom. The number of aromatic nitrogens is 6. The van der Waals surface area contributed by atoms with E-state index in [1.165, 1.54) is 8.92 Å². The number of nitrogens with zero attached hydrogens (tertiary/aromatic N) is 6. The highest BCUT2D eigenvalue weighted by molar-refractivity contribution is 6.04. The maximum atomic E-state index is 14.1. The molecule has 40 heavy (non-hydrogen) atoms. The zero-order valence-electron chi connectivity index (χ0n) is 21.3. The van der Waals surface area contributed by atoms with E-state index in [0.717, 1.165) is 5.56 Å². The molecule has 194 valence electrons. The van der Waals surface area contributed by atoms with Crippen LogP contribution in [-0.4, -0.2) is 34.9 Å². The van der Waals surface area contributed by atoms with Gasteiger partial charge in [-0.1, -0.05) is 42.3 Å². The maximum Gasteiger partial charge on any atom is 0.267 e. The van der Waals surface area contributed by atoms with Crippen LogP contribution >= 0.6 is 0 Å². The van der Waals surface area contributed by atoms with Crippen LogP contribution in [0.3, 0.4) is 0 Å². The van der Waals surface area contributed by atoms with Crippen LogP contribution in [0.5, 0.6) is 0 Å². The van der Waals surface area contributed by atoms with Crippen LogP contribution in [0.4, 0.5) is 5.82 Å². The summed E-state index contributed by atoms with van der Waals surface area (Å²) in [5.74, 6) is 5.75. The fourth-order valence-electron chi connectivity index (χ4n) is 4.52. The standard InChI is InChI=1S/C30H22N8O2/c1-19(34-29(39)25-27(31)36-37-18-6-15-33-28(25)37)26-24(21-7-3-2-4-8-21)30(40)38-22(9-5-10-23(38)35-26)12-11-20-13-16-32-17-14-20/h2-10,13-19H,1H3,(H2,31,36)(H,34,39). The Kier molecular flexibility index (Phi) is 6.22. The second-order valence-electron chi connectivity index (χ2n) is 8.98. The van der Waals surface area contributed by atoms with Gasteiger partial charge < -0.3 is 11.1 Å². The quantitative estimate of drug-likeness (QED) is 0.337. The van der Waals surface area contributed by atoms with Crippen molar-refractivity contribution in [2.24, 2.45) is 0 Å². The van der Waals surface area contributed by atoms with Crippen molar-refractivity contribution in [2.75, 3.05) is 5.73 Å². The maximum absolute atomic E-state index is 14.1. The van der Waals surface area contributed by atoms with Gasteiger partial charge in [-0.25, -0.2) is 14.5 Å². The van der Waals surface area contributed by atoms with Crippen molar-refractivity contribution >= 4 is 23.0 Å². The summed E-state index contributed by atoms with van der Waals surface area (Å²) >= 11 is 0. The number of hydrogen-bond donors (Lipinski definition) is 2. The van der Waals surface area contributed by atoms with E-state index in [9.17, 15) is 9.59 Å². The van der Waals surface area contributed by atoms with Crippen molar-refractivity contribution < 1.29 is 4.79 Å². The van der Waals surface area contributed by atoms with Gasteiger partial charge in [0.2, 0.25) is 0 Å². The van der Waals surface area contributed by atoms with Gasteiger partial charge in [-0.05, 0) is 48.7 Å². The molecule has 0 saturated heterocycles. The highest BCUT2D eigenvalue weighted by atomic mass is 16.2. The second-order valence-corrected chi connectivity index (χ2v) is 8.98. The molecule has 3 N–H and O–H groups in total. The number of nitrogens with two attached hydrogens (primary N) is 1. The predicted octanol–water partition coefficient (Wildman–Crippen LogP) is 3.27. The summed E-state index contributed by atoms with van der Waals surface area (Å²) in [5, 5.41) is 7.11. The predicted molar refractivity (Wildman–Crippen MR) is 150 cm³/mol. The minimum absolute atomic E-state index is 0.0515. The van der Waals surface area contributed by atoms with Crippen LogP contribution in [0.1, 0.15) is 40.3 Å². The number of benzene rings is 1. The number of anilines is 1. The van der Waals surface area contributed by atoms with E-state index in [1.807, 2.05) is 30.3 Å². The summed E-state index contributed by atoms with van der Waals surface area (Å²) in [6.45, 7) is 1.77. The van der Waals surface area contributed by atoms with Gasteiger partial charge in [-0.15, -0.1) is 5.10 Å². The number of rotatable bonds is 4. The highest BCUT2D eigenvalue weighted by Crippen LogP contribution is 2.26. The van der Waals surface area contributed by atoms with E-state index >= 15 is 0 Å². The molecule has 1 aromatic carbocycles. The number of nitrogens with one attached hydrogen (secondary N) is 1. The first-order valence-electron chi connectivity index (χ1n) is 12.4. The molecule has 0 saturated carbocycles. The lowest BCUT2D eigenvalue weighted by molar-refractivity contribution is 0.0941. The van der Waals surface area contributed by atoms with Crippen LogP contribution in [-0.2, 0) is 0 Å². The average Bonchev–Trinajstić information content (AvgIpc) is 3.32. The molecule has 0 aliphatic carbocycles. The number of hydrogen-bond acceptors (Lipinski definition) is 7. The number of carbonyl (C=O) groups is 1. The van der Waals surface area contributed by atoms with Crippen molar-refractivity contribution in [2.45, 2.75) is 13.0 Å². The largest absolute Gasteiger partial charge is 0.381 e. The topological polar surface area (TPSA) is 133 Å². The minimum atomic E-state index is -0.662. The molecule has 6 aromatic rings. The third kappa shape index (κ3) is 4.41. The van der Waals surface area contributed by atoms with Gasteiger partial charge in [-0.3, -0.25) is 19.0 Å². The smallest absolute Gasteiger partial charge is 0.267 e. The van der Waals surface area contributed by atoms with Gasteiger partial charge in [0, 0.05) is 30.4 Å². The molecule has 6 rings (SSSR count). The van der Waals surface area contributed by atoms with Gasteiger partial charge in [0.15, 0.2) is 11.5 Å². The van der Waals surface area contributed by atoms with Crippen molar-refractivity contribution in [3.63, 3.8) is 0 Å². The Hall–Kier alpha value is -5.82. The van der Waals surface area contributed by atoms with E-state index in [0.29, 0.717) is 33.8 Å². The van der Waals surface area contributed by atoms with Crippen LogP contribution in [0, 0.1) is 11.8 Å². The Morgan fingerprint density at radius 3 is 2.58 bits per heavy atom. The molecule has 0 spiro atoms. The van der Waals surface area contributed by atoms with E-state index < -0.39 is 11.9 Å². The molecule has 10 heteroatoms. The summed E-state index contributed by atoms with van der Waals surface area (Å²) in [4.78, 5) is 40.6. The fourth-order valence-corrected chi connectivity index (χ4v) is 4.52. The van der Waals surface area contributed by atoms with E-state index in [1.54, 1.807) is 68.1 Å². The Bertz CT molecular complexity index is 2000. The molecule has 1 amide bonds. The molecular weight excluding hydrogens is 504 g/mol. The summed E-state index contributed by atoms with van der Waals surface area (Å²) in [6, 6.07) is 19.1. The molecule has 5 aromatic heterocycles.